The van der Waals surface area contributed by atoms with Gasteiger partial charge in [-0.3, -0.25) is 10.1 Å². The van der Waals surface area contributed by atoms with Crippen LogP contribution in [-0.2, 0) is 11.2 Å². The average Bonchev–Trinajstić information content (AvgIpc) is 2.68. The largest absolute Gasteiger partial charge is 0.370 e. The van der Waals surface area contributed by atoms with Gasteiger partial charge in [-0.05, 0) is 24.1 Å². The normalized spacial score (nSPS) is 13.3. The molecule has 1 aromatic rings. The highest BCUT2D eigenvalue weighted by Crippen LogP contribution is 2.30. The predicted octanol–water partition coefficient (Wildman–Crippen LogP) is 1.29. The van der Waals surface area contributed by atoms with Gasteiger partial charge in [0.05, 0.1) is 0 Å². The van der Waals surface area contributed by atoms with Crippen molar-refractivity contribution >= 4 is 29.2 Å². The van der Waals surface area contributed by atoms with Gasteiger partial charge in [0.15, 0.2) is 0 Å². The van der Waals surface area contributed by atoms with Gasteiger partial charge in [0.1, 0.15) is 0 Å². The molecular weight excluding hydrogens is 254 g/mol. The lowest BCUT2D eigenvalue weighted by molar-refractivity contribution is -0.119. The topological polar surface area (TPSA) is 75.4 Å². The molecule has 0 unspecified atom stereocenters. The summed E-state index contributed by atoms with van der Waals surface area (Å²) in [7, 11) is 0. The van der Waals surface area contributed by atoms with Crippen LogP contribution in [0.4, 0.5) is 10.5 Å². The van der Waals surface area contributed by atoms with E-state index in [4.69, 9.17) is 17.3 Å². The summed E-state index contributed by atoms with van der Waals surface area (Å²) < 4.78 is 0. The van der Waals surface area contributed by atoms with Gasteiger partial charge in [0.2, 0.25) is 5.91 Å². The zero-order chi connectivity index (χ0) is 13.1. The molecule has 3 amide bonds. The van der Waals surface area contributed by atoms with E-state index in [0.29, 0.717) is 11.6 Å². The van der Waals surface area contributed by atoms with E-state index in [9.17, 15) is 9.59 Å². The van der Waals surface area contributed by atoms with Gasteiger partial charge in [-0.25, -0.2) is 4.79 Å². The smallest absolute Gasteiger partial charge is 0.318 e. The maximum absolute atomic E-state index is 11.3. The molecule has 0 aromatic heterocycles. The van der Waals surface area contributed by atoms with E-state index in [0.717, 1.165) is 18.7 Å². The van der Waals surface area contributed by atoms with E-state index in [2.05, 4.69) is 4.90 Å². The lowest BCUT2D eigenvalue weighted by Gasteiger charge is -2.18. The molecule has 0 spiro atoms. The second-order valence-corrected chi connectivity index (χ2v) is 4.61. The number of nitrogens with one attached hydrogen (secondary N) is 1. The third-order valence-electron chi connectivity index (χ3n) is 2.91. The zero-order valence-electron chi connectivity index (χ0n) is 9.78. The Morgan fingerprint density at radius 3 is 2.94 bits per heavy atom. The molecule has 5 nitrogen and oxygen atoms in total. The Balaban J connectivity index is 1.95. The van der Waals surface area contributed by atoms with Crippen molar-refractivity contribution < 1.29 is 9.59 Å². The number of anilines is 1. The second-order valence-electron chi connectivity index (χ2n) is 4.17. The van der Waals surface area contributed by atoms with Crippen LogP contribution in [-0.4, -0.2) is 25.0 Å². The third kappa shape index (κ3) is 2.92. The van der Waals surface area contributed by atoms with Gasteiger partial charge >= 0.3 is 6.03 Å². The Morgan fingerprint density at radius 1 is 1.44 bits per heavy atom. The highest BCUT2D eigenvalue weighted by molar-refractivity contribution is 6.30. The van der Waals surface area contributed by atoms with E-state index >= 15 is 0 Å². The van der Waals surface area contributed by atoms with Crippen LogP contribution < -0.4 is 16.0 Å². The molecule has 1 aliphatic heterocycles. The van der Waals surface area contributed by atoms with Gasteiger partial charge in [-0.15, -0.1) is 0 Å². The van der Waals surface area contributed by atoms with Crippen molar-refractivity contribution in [3.63, 3.8) is 0 Å². The van der Waals surface area contributed by atoms with Crippen molar-refractivity contribution in [1.29, 1.82) is 0 Å². The van der Waals surface area contributed by atoms with Gasteiger partial charge in [-0.2, -0.15) is 0 Å². The van der Waals surface area contributed by atoms with Crippen molar-refractivity contribution in [2.24, 2.45) is 5.73 Å². The molecule has 1 aromatic carbocycles. The van der Waals surface area contributed by atoms with Crippen LogP contribution in [0.3, 0.4) is 0 Å². The van der Waals surface area contributed by atoms with Crippen LogP contribution in [0.25, 0.3) is 0 Å². The standard InChI is InChI=1S/C12H14ClN3O2/c13-9-2-1-8-3-5-16(10(8)7-9)6-4-11(17)15-12(14)18/h1-2,7H,3-6H2,(H3,14,15,17,18). The summed E-state index contributed by atoms with van der Waals surface area (Å²) in [5.41, 5.74) is 7.17. The fraction of sp³-hybridized carbons (Fsp3) is 0.333. The number of halogens is 1. The fourth-order valence-electron chi connectivity index (χ4n) is 2.09. The van der Waals surface area contributed by atoms with Crippen LogP contribution in [0.2, 0.25) is 5.02 Å². The summed E-state index contributed by atoms with van der Waals surface area (Å²) in [6.45, 7) is 1.41. The molecule has 0 atom stereocenters. The van der Waals surface area contributed by atoms with Crippen molar-refractivity contribution in [3.05, 3.63) is 28.8 Å². The lowest BCUT2D eigenvalue weighted by Crippen LogP contribution is -2.37. The first kappa shape index (κ1) is 12.7. The summed E-state index contributed by atoms with van der Waals surface area (Å²) in [6, 6.07) is 4.95. The number of amides is 3. The molecule has 0 radical (unpaired) electrons. The Bertz CT molecular complexity index is 490. The number of primary amides is 1. The minimum atomic E-state index is -0.815. The molecule has 0 bridgehead atoms. The molecule has 0 saturated heterocycles. The molecule has 6 heteroatoms. The number of nitrogens with zero attached hydrogens (tertiary/aromatic N) is 1. The number of imide groups is 1. The van der Waals surface area contributed by atoms with Crippen molar-refractivity contribution in [1.82, 2.24) is 5.32 Å². The highest BCUT2D eigenvalue weighted by Gasteiger charge is 2.19. The van der Waals surface area contributed by atoms with Crippen LogP contribution in [0, 0.1) is 0 Å². The quantitative estimate of drug-likeness (QED) is 0.866. The first-order valence-corrected chi connectivity index (χ1v) is 6.07. The zero-order valence-corrected chi connectivity index (χ0v) is 10.5. The number of fused-ring (bicyclic) bond motifs is 1. The molecule has 18 heavy (non-hydrogen) atoms. The number of benzene rings is 1. The average molecular weight is 268 g/mol. The SMILES string of the molecule is NC(=O)NC(=O)CCN1CCc2ccc(Cl)cc21. The Kier molecular flexibility index (Phi) is 3.72. The molecule has 3 N–H and O–H groups in total. The van der Waals surface area contributed by atoms with Gasteiger partial charge in [0.25, 0.3) is 0 Å². The third-order valence-corrected chi connectivity index (χ3v) is 3.15. The van der Waals surface area contributed by atoms with Crippen LogP contribution in [0.1, 0.15) is 12.0 Å². The number of rotatable bonds is 3. The number of nitrogens with two attached hydrogens (primary N) is 1. The molecule has 96 valence electrons. The summed E-state index contributed by atoms with van der Waals surface area (Å²) in [6.07, 6.45) is 1.18. The summed E-state index contributed by atoms with van der Waals surface area (Å²) in [4.78, 5) is 23.9. The first-order valence-electron chi connectivity index (χ1n) is 5.69. The maximum atomic E-state index is 11.3. The molecule has 0 aliphatic carbocycles. The molecule has 1 aliphatic rings. The number of carbonyl (C=O) groups is 2. The van der Waals surface area contributed by atoms with Crippen molar-refractivity contribution in [2.45, 2.75) is 12.8 Å². The Hall–Kier alpha value is -1.75. The summed E-state index contributed by atoms with van der Waals surface area (Å²) in [5.74, 6) is -0.363. The molecule has 0 saturated carbocycles. The van der Waals surface area contributed by atoms with E-state index in [1.165, 1.54) is 5.56 Å². The molecule has 0 fully saturated rings. The monoisotopic (exact) mass is 267 g/mol. The fourth-order valence-corrected chi connectivity index (χ4v) is 2.25. The second kappa shape index (κ2) is 5.27. The Labute approximate surface area is 110 Å². The van der Waals surface area contributed by atoms with Gasteiger partial charge in [-0.1, -0.05) is 17.7 Å². The predicted molar refractivity (Wildman–Crippen MR) is 69.7 cm³/mol. The number of carbonyl (C=O) groups excluding carboxylic acids is 2. The van der Waals surface area contributed by atoms with Crippen molar-refractivity contribution in [3.8, 4) is 0 Å². The van der Waals surface area contributed by atoms with E-state index < -0.39 is 6.03 Å². The maximum Gasteiger partial charge on any atom is 0.318 e. The van der Waals surface area contributed by atoms with Crippen molar-refractivity contribution in [2.75, 3.05) is 18.0 Å². The van der Waals surface area contributed by atoms with E-state index in [1.807, 2.05) is 23.5 Å². The lowest BCUT2D eigenvalue weighted by atomic mass is 10.2. The van der Waals surface area contributed by atoms with E-state index in [1.54, 1.807) is 0 Å². The minimum absolute atomic E-state index is 0.231. The molecule has 2 rings (SSSR count). The summed E-state index contributed by atoms with van der Waals surface area (Å²) in [5, 5.41) is 2.73. The minimum Gasteiger partial charge on any atom is -0.370 e. The van der Waals surface area contributed by atoms with Crippen LogP contribution >= 0.6 is 11.6 Å². The van der Waals surface area contributed by atoms with E-state index in [-0.39, 0.29) is 12.3 Å². The van der Waals surface area contributed by atoms with Gasteiger partial charge in [0, 0.05) is 30.2 Å². The number of hydrogen-bond donors (Lipinski definition) is 2. The number of hydrogen-bond acceptors (Lipinski definition) is 3. The molecule has 1 heterocycles. The van der Waals surface area contributed by atoms with Gasteiger partial charge < -0.3 is 10.6 Å². The molecular formula is C12H14ClN3O2. The van der Waals surface area contributed by atoms with Crippen LogP contribution in [0.5, 0.6) is 0 Å². The first-order chi connectivity index (χ1) is 8.56. The Morgan fingerprint density at radius 2 is 2.22 bits per heavy atom. The van der Waals surface area contributed by atoms with Crippen LogP contribution in [0.15, 0.2) is 18.2 Å². The number of urea groups is 1. The highest BCUT2D eigenvalue weighted by atomic mass is 35.5. The summed E-state index contributed by atoms with van der Waals surface area (Å²) >= 11 is 5.95.